The third-order valence-corrected chi connectivity index (χ3v) is 2.13. The minimum atomic E-state index is -0.451. The van der Waals surface area contributed by atoms with Gasteiger partial charge in [-0.2, -0.15) is 0 Å². The number of halogens is 1. The Labute approximate surface area is 101 Å². The van der Waals surface area contributed by atoms with Crippen LogP contribution in [0.1, 0.15) is 26.3 Å². The van der Waals surface area contributed by atoms with Gasteiger partial charge in [0.1, 0.15) is 11.6 Å². The van der Waals surface area contributed by atoms with Crippen LogP contribution in [0.5, 0.6) is 11.5 Å². The van der Waals surface area contributed by atoms with Gasteiger partial charge in [0.25, 0.3) is 0 Å². The zero-order chi connectivity index (χ0) is 13.0. The molecule has 0 unspecified atom stereocenters. The lowest BCUT2D eigenvalue weighted by molar-refractivity contribution is -0.116. The zero-order valence-electron chi connectivity index (χ0n) is 10.5. The number of ether oxygens (including phenoxy) is 2. The predicted octanol–water partition coefficient (Wildman–Crippen LogP) is 2.75. The van der Waals surface area contributed by atoms with E-state index >= 15 is 0 Å². The highest BCUT2D eigenvalue weighted by atomic mass is 19.1. The second-order valence-corrected chi connectivity index (χ2v) is 4.14. The van der Waals surface area contributed by atoms with E-state index in [9.17, 15) is 9.18 Å². The van der Waals surface area contributed by atoms with Crippen LogP contribution in [0.15, 0.2) is 12.1 Å². The van der Waals surface area contributed by atoms with Crippen molar-refractivity contribution in [3.05, 3.63) is 23.5 Å². The van der Waals surface area contributed by atoms with Crippen LogP contribution in [0.4, 0.5) is 4.39 Å². The van der Waals surface area contributed by atoms with Gasteiger partial charge in [0.05, 0.1) is 13.2 Å². The summed E-state index contributed by atoms with van der Waals surface area (Å²) in [6.07, 6.45) is 0.0177. The van der Waals surface area contributed by atoms with E-state index < -0.39 is 5.82 Å². The minimum absolute atomic E-state index is 0.0421. The molecule has 0 aromatic heterocycles. The highest BCUT2D eigenvalue weighted by Crippen LogP contribution is 2.31. The summed E-state index contributed by atoms with van der Waals surface area (Å²) in [7, 11) is 1.45. The number of hydrogen-bond acceptors (Lipinski definition) is 3. The molecule has 0 fully saturated rings. The van der Waals surface area contributed by atoms with Crippen molar-refractivity contribution in [1.29, 1.82) is 0 Å². The van der Waals surface area contributed by atoms with Crippen LogP contribution in [0.25, 0.3) is 0 Å². The van der Waals surface area contributed by atoms with Crippen molar-refractivity contribution in [2.45, 2.75) is 33.3 Å². The Hall–Kier alpha value is -1.58. The zero-order valence-corrected chi connectivity index (χ0v) is 10.5. The maximum absolute atomic E-state index is 13.6. The molecule has 0 radical (unpaired) electrons. The van der Waals surface area contributed by atoms with Crippen molar-refractivity contribution in [2.75, 3.05) is 7.11 Å². The van der Waals surface area contributed by atoms with Crippen LogP contribution in [0.2, 0.25) is 0 Å². The van der Waals surface area contributed by atoms with Crippen molar-refractivity contribution in [2.24, 2.45) is 0 Å². The van der Waals surface area contributed by atoms with Crippen molar-refractivity contribution in [3.63, 3.8) is 0 Å². The summed E-state index contributed by atoms with van der Waals surface area (Å²) in [4.78, 5) is 11.0. The van der Waals surface area contributed by atoms with E-state index in [1.807, 2.05) is 13.8 Å². The summed E-state index contributed by atoms with van der Waals surface area (Å²) in [5, 5.41) is 0. The van der Waals surface area contributed by atoms with Gasteiger partial charge in [-0.05, 0) is 32.4 Å². The van der Waals surface area contributed by atoms with Crippen molar-refractivity contribution >= 4 is 5.78 Å². The first-order chi connectivity index (χ1) is 7.93. The van der Waals surface area contributed by atoms with Gasteiger partial charge in [-0.15, -0.1) is 0 Å². The molecule has 0 saturated carbocycles. The summed E-state index contributed by atoms with van der Waals surface area (Å²) < 4.78 is 24.2. The maximum atomic E-state index is 13.6. The maximum Gasteiger partial charge on any atom is 0.163 e. The third-order valence-electron chi connectivity index (χ3n) is 2.13. The molecule has 0 aliphatic rings. The first kappa shape index (κ1) is 13.5. The third kappa shape index (κ3) is 3.73. The first-order valence-corrected chi connectivity index (χ1v) is 5.46. The number of hydrogen-bond donors (Lipinski definition) is 0. The van der Waals surface area contributed by atoms with Crippen molar-refractivity contribution < 1.29 is 18.7 Å². The van der Waals surface area contributed by atoms with E-state index in [0.717, 1.165) is 0 Å². The van der Waals surface area contributed by atoms with Crippen LogP contribution in [-0.2, 0) is 11.2 Å². The fourth-order valence-electron chi connectivity index (χ4n) is 1.49. The molecule has 1 aromatic rings. The normalized spacial score (nSPS) is 10.5. The van der Waals surface area contributed by atoms with Crippen molar-refractivity contribution in [1.82, 2.24) is 0 Å². The van der Waals surface area contributed by atoms with E-state index in [1.54, 1.807) is 0 Å². The van der Waals surface area contributed by atoms with Gasteiger partial charge in [0.2, 0.25) is 0 Å². The lowest BCUT2D eigenvalue weighted by atomic mass is 10.1. The molecular weight excluding hydrogens is 223 g/mol. The average molecular weight is 240 g/mol. The molecule has 0 aliphatic carbocycles. The molecule has 0 aliphatic heterocycles. The Morgan fingerprint density at radius 1 is 1.35 bits per heavy atom. The molecular formula is C13H17FO3. The van der Waals surface area contributed by atoms with E-state index in [2.05, 4.69) is 0 Å². The summed E-state index contributed by atoms with van der Waals surface area (Å²) in [6.45, 7) is 5.16. The van der Waals surface area contributed by atoms with Gasteiger partial charge >= 0.3 is 0 Å². The highest BCUT2D eigenvalue weighted by molar-refractivity contribution is 5.78. The molecule has 0 spiro atoms. The fourth-order valence-corrected chi connectivity index (χ4v) is 1.49. The second kappa shape index (κ2) is 5.66. The van der Waals surface area contributed by atoms with Gasteiger partial charge in [0.15, 0.2) is 11.5 Å². The number of Topliss-reactive ketones (excluding diaryl/α,β-unsaturated/α-hetero) is 1. The first-order valence-electron chi connectivity index (χ1n) is 5.46. The molecule has 0 heterocycles. The van der Waals surface area contributed by atoms with E-state index in [-0.39, 0.29) is 18.3 Å². The Bertz CT molecular complexity index is 413. The summed E-state index contributed by atoms with van der Waals surface area (Å²) in [5.41, 5.74) is 0.328. The Balaban J connectivity index is 3.12. The van der Waals surface area contributed by atoms with Crippen LogP contribution < -0.4 is 9.47 Å². The van der Waals surface area contributed by atoms with Gasteiger partial charge < -0.3 is 9.47 Å². The molecule has 0 bridgehead atoms. The number of rotatable bonds is 5. The molecule has 17 heavy (non-hydrogen) atoms. The summed E-state index contributed by atoms with van der Waals surface area (Å²) >= 11 is 0. The summed E-state index contributed by atoms with van der Waals surface area (Å²) in [5.74, 6) is 0.251. The van der Waals surface area contributed by atoms with Crippen molar-refractivity contribution in [3.8, 4) is 11.5 Å². The monoisotopic (exact) mass is 240 g/mol. The van der Waals surface area contributed by atoms with Crippen LogP contribution in [0.3, 0.4) is 0 Å². The number of carbonyl (C=O) groups is 1. The fraction of sp³-hybridized carbons (Fsp3) is 0.462. The second-order valence-electron chi connectivity index (χ2n) is 4.14. The summed E-state index contributed by atoms with van der Waals surface area (Å²) in [6, 6.07) is 2.77. The largest absolute Gasteiger partial charge is 0.493 e. The molecule has 0 atom stereocenters. The standard InChI is InChI=1S/C13H17FO3/c1-8(2)17-13-6-10(5-9(3)15)11(14)7-12(13)16-4/h6-8H,5H2,1-4H3. The topological polar surface area (TPSA) is 35.5 Å². The van der Waals surface area contributed by atoms with Gasteiger partial charge in [0, 0.05) is 12.5 Å². The van der Waals surface area contributed by atoms with Gasteiger partial charge in [-0.1, -0.05) is 0 Å². The molecule has 3 nitrogen and oxygen atoms in total. The van der Waals surface area contributed by atoms with E-state index in [4.69, 9.17) is 9.47 Å². The number of methoxy groups -OCH3 is 1. The average Bonchev–Trinajstić information content (AvgIpc) is 2.21. The van der Waals surface area contributed by atoms with Gasteiger partial charge in [-0.3, -0.25) is 4.79 Å². The quantitative estimate of drug-likeness (QED) is 0.793. The molecule has 0 saturated heterocycles. The lowest BCUT2D eigenvalue weighted by Gasteiger charge is -2.15. The van der Waals surface area contributed by atoms with E-state index in [1.165, 1.54) is 26.2 Å². The van der Waals surface area contributed by atoms with Crippen LogP contribution in [0, 0.1) is 5.82 Å². The minimum Gasteiger partial charge on any atom is -0.493 e. The number of benzene rings is 1. The Morgan fingerprint density at radius 3 is 2.47 bits per heavy atom. The van der Waals surface area contributed by atoms with E-state index in [0.29, 0.717) is 17.1 Å². The number of ketones is 1. The molecule has 4 heteroatoms. The SMILES string of the molecule is COc1cc(F)c(CC(C)=O)cc1OC(C)C. The number of carbonyl (C=O) groups excluding carboxylic acids is 1. The molecule has 0 amide bonds. The Morgan fingerprint density at radius 2 is 2.00 bits per heavy atom. The Kier molecular flexibility index (Phi) is 4.49. The smallest absolute Gasteiger partial charge is 0.163 e. The molecule has 94 valence electrons. The van der Waals surface area contributed by atoms with Crippen LogP contribution in [-0.4, -0.2) is 19.0 Å². The molecule has 1 aromatic carbocycles. The highest BCUT2D eigenvalue weighted by Gasteiger charge is 2.13. The lowest BCUT2D eigenvalue weighted by Crippen LogP contribution is -2.08. The molecule has 0 N–H and O–H groups in total. The van der Waals surface area contributed by atoms with Gasteiger partial charge in [-0.25, -0.2) is 4.39 Å². The molecule has 1 rings (SSSR count). The predicted molar refractivity (Wildman–Crippen MR) is 63.1 cm³/mol. The van der Waals surface area contributed by atoms with Crippen LogP contribution >= 0.6 is 0 Å².